The van der Waals surface area contributed by atoms with Crippen molar-refractivity contribution >= 4 is 61.5 Å². The van der Waals surface area contributed by atoms with Gasteiger partial charge in [0.25, 0.3) is 10.9 Å². The maximum atomic E-state index is 13.1. The SMILES string of the molecule is O=C(/C(=N\Nc1ccc([N+](=O)[O-])cc1)Sc1nnc(-c2cccc(Br)c2)o1)c1ccc(Cl)cc1. The average Bonchev–Trinajstić information content (AvgIpc) is 3.31. The monoisotopic (exact) mass is 557 g/mol. The minimum atomic E-state index is -0.503. The maximum absolute atomic E-state index is 13.1. The highest BCUT2D eigenvalue weighted by Gasteiger charge is 2.20. The number of non-ortho nitro benzene ring substituents is 1. The molecule has 0 spiro atoms. The molecule has 0 fully saturated rings. The number of thioether (sulfide) groups is 1. The van der Waals surface area contributed by atoms with Crippen LogP contribution in [0, 0.1) is 10.1 Å². The third-order valence-electron chi connectivity index (χ3n) is 4.33. The number of carbonyl (C=O) groups excluding carboxylic acids is 1. The fraction of sp³-hybridized carbons (Fsp3) is 0. The molecule has 4 aromatic rings. The van der Waals surface area contributed by atoms with Gasteiger partial charge in [0.2, 0.25) is 11.7 Å². The molecule has 0 bridgehead atoms. The third-order valence-corrected chi connectivity index (χ3v) is 5.88. The van der Waals surface area contributed by atoms with E-state index in [2.05, 4.69) is 36.7 Å². The number of aromatic nitrogens is 2. The first-order valence-electron chi connectivity index (χ1n) is 9.55. The quantitative estimate of drug-likeness (QED) is 0.0684. The lowest BCUT2D eigenvalue weighted by molar-refractivity contribution is -0.384. The zero-order chi connectivity index (χ0) is 24.1. The van der Waals surface area contributed by atoms with Crippen molar-refractivity contribution in [3.8, 4) is 11.5 Å². The second kappa shape index (κ2) is 10.6. The van der Waals surface area contributed by atoms with Crippen molar-refractivity contribution in [2.45, 2.75) is 5.22 Å². The van der Waals surface area contributed by atoms with Crippen LogP contribution >= 0.6 is 39.3 Å². The summed E-state index contributed by atoms with van der Waals surface area (Å²) in [5.74, 6) is -0.122. The molecule has 0 unspecified atom stereocenters. The summed E-state index contributed by atoms with van der Waals surface area (Å²) in [4.78, 5) is 23.5. The minimum Gasteiger partial charge on any atom is -0.411 e. The molecule has 1 aromatic heterocycles. The predicted octanol–water partition coefficient (Wildman–Crippen LogP) is 6.46. The van der Waals surface area contributed by atoms with Crippen molar-refractivity contribution in [2.24, 2.45) is 5.10 Å². The molecular formula is C22H13BrClN5O4S. The van der Waals surface area contributed by atoms with E-state index < -0.39 is 10.7 Å². The molecule has 3 aromatic carbocycles. The Bertz CT molecular complexity index is 1380. The van der Waals surface area contributed by atoms with E-state index in [1.807, 2.05) is 24.3 Å². The number of halogens is 2. The number of Topliss-reactive ketones (excluding diaryl/α,β-unsaturated/α-hetero) is 1. The Balaban J connectivity index is 1.61. The Morgan fingerprint density at radius 2 is 1.82 bits per heavy atom. The van der Waals surface area contributed by atoms with E-state index in [1.54, 1.807) is 24.3 Å². The van der Waals surface area contributed by atoms with E-state index >= 15 is 0 Å². The fourth-order valence-electron chi connectivity index (χ4n) is 2.69. The minimum absolute atomic E-state index is 0.0186. The summed E-state index contributed by atoms with van der Waals surface area (Å²) in [6, 6.07) is 19.3. The lowest BCUT2D eigenvalue weighted by Crippen LogP contribution is -2.13. The number of nitrogens with zero attached hydrogens (tertiary/aromatic N) is 4. The summed E-state index contributed by atoms with van der Waals surface area (Å²) < 4.78 is 6.57. The van der Waals surface area contributed by atoms with Gasteiger partial charge in [-0.25, -0.2) is 0 Å². The van der Waals surface area contributed by atoms with Crippen LogP contribution in [-0.4, -0.2) is 25.9 Å². The van der Waals surface area contributed by atoms with Crippen molar-refractivity contribution < 1.29 is 14.1 Å². The molecule has 9 nitrogen and oxygen atoms in total. The molecule has 0 radical (unpaired) electrons. The Labute approximate surface area is 210 Å². The van der Waals surface area contributed by atoms with Gasteiger partial charge in [0, 0.05) is 32.8 Å². The molecule has 34 heavy (non-hydrogen) atoms. The van der Waals surface area contributed by atoms with E-state index in [9.17, 15) is 14.9 Å². The van der Waals surface area contributed by atoms with Gasteiger partial charge < -0.3 is 4.42 Å². The first kappa shape index (κ1) is 23.6. The van der Waals surface area contributed by atoms with E-state index in [1.165, 1.54) is 24.3 Å². The summed E-state index contributed by atoms with van der Waals surface area (Å²) in [5.41, 5.74) is 4.19. The van der Waals surface area contributed by atoms with Gasteiger partial charge in [-0.1, -0.05) is 33.6 Å². The summed E-state index contributed by atoms with van der Waals surface area (Å²) in [6.45, 7) is 0. The van der Waals surface area contributed by atoms with Gasteiger partial charge in [0.05, 0.1) is 10.6 Å². The summed E-state index contributed by atoms with van der Waals surface area (Å²) >= 11 is 10.2. The molecule has 12 heteroatoms. The summed E-state index contributed by atoms with van der Waals surface area (Å²) in [7, 11) is 0. The number of nitrogens with one attached hydrogen (secondary N) is 1. The molecule has 0 aliphatic rings. The van der Waals surface area contributed by atoms with Crippen LogP contribution in [-0.2, 0) is 0 Å². The van der Waals surface area contributed by atoms with E-state index in [-0.39, 0.29) is 21.8 Å². The Kier molecular flexibility index (Phi) is 7.36. The number of hydrazone groups is 1. The van der Waals surface area contributed by atoms with E-state index in [4.69, 9.17) is 16.0 Å². The van der Waals surface area contributed by atoms with E-state index in [0.717, 1.165) is 16.2 Å². The van der Waals surface area contributed by atoms with Crippen molar-refractivity contribution in [1.29, 1.82) is 0 Å². The van der Waals surface area contributed by atoms with Crippen LogP contribution in [0.3, 0.4) is 0 Å². The zero-order valence-corrected chi connectivity index (χ0v) is 20.2. The lowest BCUT2D eigenvalue weighted by Gasteiger charge is -2.05. The highest BCUT2D eigenvalue weighted by molar-refractivity contribution is 9.10. The first-order chi connectivity index (χ1) is 16.4. The smallest absolute Gasteiger partial charge is 0.283 e. The fourth-order valence-corrected chi connectivity index (χ4v) is 3.88. The van der Waals surface area contributed by atoms with Crippen LogP contribution in [0.4, 0.5) is 11.4 Å². The number of anilines is 1. The van der Waals surface area contributed by atoms with Gasteiger partial charge in [0.15, 0.2) is 5.04 Å². The van der Waals surface area contributed by atoms with Crippen LogP contribution in [0.5, 0.6) is 0 Å². The predicted molar refractivity (Wildman–Crippen MR) is 133 cm³/mol. The Morgan fingerprint density at radius 1 is 1.09 bits per heavy atom. The Hall–Kier alpha value is -3.54. The molecule has 170 valence electrons. The van der Waals surface area contributed by atoms with Gasteiger partial charge in [-0.15, -0.1) is 10.2 Å². The van der Waals surface area contributed by atoms with Crippen molar-refractivity contribution in [3.63, 3.8) is 0 Å². The van der Waals surface area contributed by atoms with Crippen LogP contribution in [0.25, 0.3) is 11.5 Å². The van der Waals surface area contributed by atoms with Gasteiger partial charge in [-0.05, 0) is 66.4 Å². The van der Waals surface area contributed by atoms with Crippen LogP contribution in [0.2, 0.25) is 5.02 Å². The molecule has 0 amide bonds. The Morgan fingerprint density at radius 3 is 2.50 bits per heavy atom. The lowest BCUT2D eigenvalue weighted by atomic mass is 10.1. The molecule has 1 heterocycles. The molecule has 0 aliphatic carbocycles. The van der Waals surface area contributed by atoms with E-state index in [0.29, 0.717) is 21.8 Å². The van der Waals surface area contributed by atoms with Gasteiger partial charge in [-0.3, -0.25) is 20.3 Å². The number of benzene rings is 3. The second-order valence-electron chi connectivity index (χ2n) is 6.65. The first-order valence-corrected chi connectivity index (χ1v) is 11.5. The van der Waals surface area contributed by atoms with Crippen LogP contribution in [0.15, 0.2) is 92.0 Å². The highest BCUT2D eigenvalue weighted by atomic mass is 79.9. The van der Waals surface area contributed by atoms with Gasteiger partial charge in [0.1, 0.15) is 0 Å². The normalized spacial score (nSPS) is 11.3. The number of carbonyl (C=O) groups is 1. The number of hydrogen-bond donors (Lipinski definition) is 1. The molecule has 0 saturated carbocycles. The number of rotatable bonds is 7. The molecule has 0 atom stereocenters. The third kappa shape index (κ3) is 5.87. The van der Waals surface area contributed by atoms with Gasteiger partial charge >= 0.3 is 0 Å². The average molecular weight is 559 g/mol. The molecular weight excluding hydrogens is 546 g/mol. The van der Waals surface area contributed by atoms with Crippen LogP contribution in [0.1, 0.15) is 10.4 Å². The largest absolute Gasteiger partial charge is 0.411 e. The number of nitro groups is 1. The highest BCUT2D eigenvalue weighted by Crippen LogP contribution is 2.27. The second-order valence-corrected chi connectivity index (χ2v) is 8.95. The topological polar surface area (TPSA) is 124 Å². The van der Waals surface area contributed by atoms with Crippen molar-refractivity contribution in [3.05, 3.63) is 98.0 Å². The number of ketones is 1. The van der Waals surface area contributed by atoms with Crippen LogP contribution < -0.4 is 5.43 Å². The summed E-state index contributed by atoms with van der Waals surface area (Å²) in [6.07, 6.45) is 0. The molecule has 0 saturated heterocycles. The molecule has 4 rings (SSSR count). The standard InChI is InChI=1S/C22H13BrClN5O4S/c23-15-3-1-2-14(12-15)20-26-28-22(33-20)34-21(19(30)13-4-6-16(24)7-5-13)27-25-17-8-10-18(11-9-17)29(31)32/h1-12,25H/b27-21+. The zero-order valence-electron chi connectivity index (χ0n) is 17.0. The van der Waals surface area contributed by atoms with Crippen molar-refractivity contribution in [2.75, 3.05) is 5.43 Å². The van der Waals surface area contributed by atoms with Gasteiger partial charge in [-0.2, -0.15) is 5.10 Å². The number of hydrogen-bond acceptors (Lipinski definition) is 9. The summed E-state index contributed by atoms with van der Waals surface area (Å²) in [5, 5.41) is 23.7. The molecule has 0 aliphatic heterocycles. The maximum Gasteiger partial charge on any atom is 0.283 e. The molecule has 1 N–H and O–H groups in total. The van der Waals surface area contributed by atoms with Crippen molar-refractivity contribution in [1.82, 2.24) is 10.2 Å². The number of nitro benzene ring substituents is 1.